The van der Waals surface area contributed by atoms with Crippen LogP contribution < -0.4 is 11.0 Å². The van der Waals surface area contributed by atoms with Gasteiger partial charge in [-0.3, -0.25) is 9.59 Å². The molecule has 1 atom stereocenters. The van der Waals surface area contributed by atoms with Crippen LogP contribution >= 0.6 is 0 Å². The number of hydrogen-bond acceptors (Lipinski definition) is 6. The minimum atomic E-state index is -1.37. The van der Waals surface area contributed by atoms with Gasteiger partial charge in [-0.15, -0.1) is 0 Å². The summed E-state index contributed by atoms with van der Waals surface area (Å²) in [5.41, 5.74) is 1.29. The fraction of sp³-hybridized carbons (Fsp3) is 0.118. The molecule has 1 unspecified atom stereocenters. The number of aromatic nitrogens is 2. The summed E-state index contributed by atoms with van der Waals surface area (Å²) in [4.78, 5) is 40.6. The van der Waals surface area contributed by atoms with Crippen molar-refractivity contribution in [1.82, 2.24) is 9.97 Å². The molecule has 9 heteroatoms. The van der Waals surface area contributed by atoms with Crippen LogP contribution in [0.1, 0.15) is 6.92 Å². The van der Waals surface area contributed by atoms with Crippen molar-refractivity contribution in [3.63, 3.8) is 0 Å². The number of phenolic OH excluding ortho intramolecular Hbond substituents is 1. The number of carbonyl (C=O) groups excluding carboxylic acids is 2. The maximum Gasteiger partial charge on any atom is 0.323 e. The van der Waals surface area contributed by atoms with Crippen molar-refractivity contribution in [2.45, 2.75) is 13.0 Å². The molecule has 0 saturated heterocycles. The van der Waals surface area contributed by atoms with Gasteiger partial charge in [0.15, 0.2) is 5.78 Å². The molecule has 132 valence electrons. The Labute approximate surface area is 146 Å². The lowest BCUT2D eigenvalue weighted by molar-refractivity contribution is -0.126. The topological polar surface area (TPSA) is 140 Å². The van der Waals surface area contributed by atoms with Gasteiger partial charge in [-0.25, -0.2) is 4.79 Å². The highest BCUT2D eigenvalue weighted by atomic mass is 16.3. The van der Waals surface area contributed by atoms with E-state index in [9.17, 15) is 19.5 Å². The first-order chi connectivity index (χ1) is 12.4. The van der Waals surface area contributed by atoms with Gasteiger partial charge in [-0.05, 0) is 37.3 Å². The molecule has 0 fully saturated rings. The van der Waals surface area contributed by atoms with E-state index < -0.39 is 17.7 Å². The van der Waals surface area contributed by atoms with Crippen molar-refractivity contribution in [1.29, 1.82) is 0 Å². The minimum absolute atomic E-state index is 0.110. The van der Waals surface area contributed by atoms with Crippen LogP contribution in [0.25, 0.3) is 11.0 Å². The summed E-state index contributed by atoms with van der Waals surface area (Å²) in [6.45, 7) is 1.22. The zero-order valence-corrected chi connectivity index (χ0v) is 13.7. The van der Waals surface area contributed by atoms with Gasteiger partial charge in [0.1, 0.15) is 11.4 Å². The number of hydrogen-bond donors (Lipinski definition) is 4. The predicted molar refractivity (Wildman–Crippen MR) is 94.6 cm³/mol. The molecule has 9 nitrogen and oxygen atoms in total. The average Bonchev–Trinajstić information content (AvgIpc) is 2.95. The van der Waals surface area contributed by atoms with E-state index in [-0.39, 0.29) is 17.1 Å². The number of para-hydroxylation sites is 1. The number of azo groups is 1. The monoisotopic (exact) mass is 353 g/mol. The number of aromatic hydroxyl groups is 1. The smallest absolute Gasteiger partial charge is 0.323 e. The molecule has 26 heavy (non-hydrogen) atoms. The second-order valence-corrected chi connectivity index (χ2v) is 5.55. The Hall–Kier alpha value is -3.75. The SMILES string of the molecule is CC(=O)C(N=Nc1ccccc1O)C(=O)Nc1ccc2[nH]c(=O)[nH]c2c1. The first kappa shape index (κ1) is 17.1. The second-order valence-electron chi connectivity index (χ2n) is 5.55. The van der Waals surface area contributed by atoms with E-state index in [4.69, 9.17) is 0 Å². The molecule has 0 spiro atoms. The van der Waals surface area contributed by atoms with E-state index in [0.29, 0.717) is 16.7 Å². The van der Waals surface area contributed by atoms with E-state index >= 15 is 0 Å². The van der Waals surface area contributed by atoms with Gasteiger partial charge in [0.2, 0.25) is 6.04 Å². The zero-order chi connectivity index (χ0) is 18.7. The van der Waals surface area contributed by atoms with Crippen LogP contribution in [0, 0.1) is 0 Å². The summed E-state index contributed by atoms with van der Waals surface area (Å²) in [6.07, 6.45) is 0. The molecular weight excluding hydrogens is 338 g/mol. The fourth-order valence-corrected chi connectivity index (χ4v) is 2.31. The average molecular weight is 353 g/mol. The lowest BCUT2D eigenvalue weighted by atomic mass is 10.2. The van der Waals surface area contributed by atoms with E-state index in [1.54, 1.807) is 30.3 Å². The van der Waals surface area contributed by atoms with Gasteiger partial charge in [0.25, 0.3) is 5.91 Å². The predicted octanol–water partition coefficient (Wildman–Crippen LogP) is 2.24. The van der Waals surface area contributed by atoms with E-state index in [0.717, 1.165) is 0 Å². The van der Waals surface area contributed by atoms with Crippen LogP contribution in [-0.2, 0) is 9.59 Å². The van der Waals surface area contributed by atoms with E-state index in [1.165, 1.54) is 19.1 Å². The van der Waals surface area contributed by atoms with Crippen molar-refractivity contribution < 1.29 is 14.7 Å². The van der Waals surface area contributed by atoms with E-state index in [2.05, 4.69) is 25.5 Å². The Kier molecular flexibility index (Phi) is 4.61. The molecule has 3 rings (SSSR count). The van der Waals surface area contributed by atoms with Gasteiger partial charge >= 0.3 is 5.69 Å². The summed E-state index contributed by atoms with van der Waals surface area (Å²) in [6, 6.07) is 9.58. The van der Waals surface area contributed by atoms with Crippen molar-refractivity contribution in [3.05, 3.63) is 52.9 Å². The largest absolute Gasteiger partial charge is 0.506 e. The number of aromatic amines is 2. The number of amides is 1. The molecule has 0 radical (unpaired) electrons. The third-order valence-electron chi connectivity index (χ3n) is 3.58. The third kappa shape index (κ3) is 3.66. The van der Waals surface area contributed by atoms with Crippen LogP contribution in [-0.4, -0.2) is 32.8 Å². The first-order valence-electron chi connectivity index (χ1n) is 7.66. The molecule has 2 aromatic carbocycles. The number of benzene rings is 2. The number of Topliss-reactive ketones (excluding diaryl/α,β-unsaturated/α-hetero) is 1. The Bertz CT molecular complexity index is 1070. The number of rotatable bonds is 5. The van der Waals surface area contributed by atoms with Crippen LogP contribution in [0.15, 0.2) is 57.5 Å². The quantitative estimate of drug-likeness (QED) is 0.412. The summed E-state index contributed by atoms with van der Waals surface area (Å²) >= 11 is 0. The standard InChI is InChI=1S/C17H15N5O4/c1-9(23)15(22-21-12-4-2-3-5-14(12)24)16(25)18-10-6-7-11-13(8-10)20-17(26)19-11/h2-8,15,24H,1H3,(H,18,25)(H2,19,20,26). The molecule has 1 aromatic heterocycles. The first-order valence-corrected chi connectivity index (χ1v) is 7.66. The zero-order valence-electron chi connectivity index (χ0n) is 13.7. The van der Waals surface area contributed by atoms with Gasteiger partial charge in [-0.2, -0.15) is 10.2 Å². The van der Waals surface area contributed by atoms with Crippen LogP contribution in [0.5, 0.6) is 5.75 Å². The number of phenols is 1. The number of nitrogens with zero attached hydrogens (tertiary/aromatic N) is 2. The molecule has 0 bridgehead atoms. The summed E-state index contributed by atoms with van der Waals surface area (Å²) in [7, 11) is 0. The lowest BCUT2D eigenvalue weighted by Crippen LogP contribution is -2.31. The normalized spacial score (nSPS) is 12.3. The van der Waals surface area contributed by atoms with Crippen molar-refractivity contribution in [2.75, 3.05) is 5.32 Å². The summed E-state index contributed by atoms with van der Waals surface area (Å²) in [5, 5.41) is 19.8. The second kappa shape index (κ2) is 7.01. The number of carbonyl (C=O) groups is 2. The number of fused-ring (bicyclic) bond motifs is 1. The highest BCUT2D eigenvalue weighted by molar-refractivity contribution is 6.10. The third-order valence-corrected chi connectivity index (χ3v) is 3.58. The van der Waals surface area contributed by atoms with Crippen LogP contribution in [0.2, 0.25) is 0 Å². The number of H-pyrrole nitrogens is 2. The Morgan fingerprint density at radius 2 is 1.85 bits per heavy atom. The van der Waals surface area contributed by atoms with Gasteiger partial charge in [0.05, 0.1) is 11.0 Å². The Morgan fingerprint density at radius 3 is 2.58 bits per heavy atom. The number of anilines is 1. The Balaban J connectivity index is 1.80. The highest BCUT2D eigenvalue weighted by Crippen LogP contribution is 2.25. The highest BCUT2D eigenvalue weighted by Gasteiger charge is 2.23. The van der Waals surface area contributed by atoms with Gasteiger partial charge in [-0.1, -0.05) is 12.1 Å². The molecular formula is C17H15N5O4. The molecule has 3 aromatic rings. The van der Waals surface area contributed by atoms with E-state index in [1.807, 2.05) is 0 Å². The molecule has 0 aliphatic heterocycles. The molecule has 1 amide bonds. The van der Waals surface area contributed by atoms with Crippen molar-refractivity contribution in [2.24, 2.45) is 10.2 Å². The summed E-state index contributed by atoms with van der Waals surface area (Å²) < 4.78 is 0. The molecule has 0 aliphatic carbocycles. The minimum Gasteiger partial charge on any atom is -0.506 e. The maximum atomic E-state index is 12.4. The van der Waals surface area contributed by atoms with Crippen LogP contribution in [0.4, 0.5) is 11.4 Å². The molecule has 0 aliphatic rings. The van der Waals surface area contributed by atoms with Crippen molar-refractivity contribution in [3.8, 4) is 5.75 Å². The number of ketones is 1. The summed E-state index contributed by atoms with van der Waals surface area (Å²) in [5.74, 6) is -1.28. The number of imidazole rings is 1. The van der Waals surface area contributed by atoms with Crippen molar-refractivity contribution >= 4 is 34.1 Å². The molecule has 1 heterocycles. The molecule has 4 N–H and O–H groups in total. The number of nitrogens with one attached hydrogen (secondary N) is 3. The fourth-order valence-electron chi connectivity index (χ4n) is 2.31. The van der Waals surface area contributed by atoms with Gasteiger partial charge < -0.3 is 20.4 Å². The maximum absolute atomic E-state index is 12.4. The molecule has 0 saturated carbocycles. The van der Waals surface area contributed by atoms with Gasteiger partial charge in [0, 0.05) is 5.69 Å². The Morgan fingerprint density at radius 1 is 1.12 bits per heavy atom. The van der Waals surface area contributed by atoms with Crippen LogP contribution in [0.3, 0.4) is 0 Å². The lowest BCUT2D eigenvalue weighted by Gasteiger charge is -2.09.